The van der Waals surface area contributed by atoms with E-state index in [2.05, 4.69) is 10.3 Å². The number of halogens is 2. The van der Waals surface area contributed by atoms with Gasteiger partial charge in [0.15, 0.2) is 0 Å². The van der Waals surface area contributed by atoms with Gasteiger partial charge in [0.2, 0.25) is 0 Å². The van der Waals surface area contributed by atoms with Gasteiger partial charge < -0.3 is 10.1 Å². The Hall–Kier alpha value is -1.03. The monoisotopic (exact) mass is 284 g/mol. The standard InChI is InChI=1S/C13H14Cl2N2O/c1-7-4-9(14)13-11(12(7)15)10(16-2)5-8(17-13)6-18-3/h4-5H,6H2,1-3H3,(H,16,17). The van der Waals surface area contributed by atoms with Crippen molar-refractivity contribution < 1.29 is 4.74 Å². The summed E-state index contributed by atoms with van der Waals surface area (Å²) in [6, 6.07) is 3.75. The van der Waals surface area contributed by atoms with Gasteiger partial charge in [-0.1, -0.05) is 23.2 Å². The zero-order valence-electron chi connectivity index (χ0n) is 10.5. The lowest BCUT2D eigenvalue weighted by Crippen LogP contribution is -1.99. The maximum absolute atomic E-state index is 6.34. The third kappa shape index (κ3) is 2.26. The zero-order valence-corrected chi connectivity index (χ0v) is 12.0. The molecule has 1 aromatic carbocycles. The molecule has 0 fully saturated rings. The lowest BCUT2D eigenvalue weighted by Gasteiger charge is -2.13. The summed E-state index contributed by atoms with van der Waals surface area (Å²) in [7, 11) is 3.48. The van der Waals surface area contributed by atoms with Crippen LogP contribution in [0.15, 0.2) is 12.1 Å². The van der Waals surface area contributed by atoms with Crippen LogP contribution >= 0.6 is 23.2 Å². The Labute approximate surface area is 116 Å². The van der Waals surface area contributed by atoms with E-state index in [1.54, 1.807) is 7.11 Å². The number of hydrogen-bond acceptors (Lipinski definition) is 3. The van der Waals surface area contributed by atoms with Crippen molar-refractivity contribution in [3.05, 3.63) is 33.4 Å². The lowest BCUT2D eigenvalue weighted by molar-refractivity contribution is 0.182. The Morgan fingerprint density at radius 3 is 2.67 bits per heavy atom. The highest BCUT2D eigenvalue weighted by Gasteiger charge is 2.13. The molecule has 2 aromatic rings. The first kappa shape index (κ1) is 13.4. The fourth-order valence-electron chi connectivity index (χ4n) is 1.93. The van der Waals surface area contributed by atoms with Gasteiger partial charge >= 0.3 is 0 Å². The molecule has 0 aliphatic heterocycles. The van der Waals surface area contributed by atoms with Crippen LogP contribution in [0.25, 0.3) is 10.9 Å². The van der Waals surface area contributed by atoms with Crippen LogP contribution in [0.1, 0.15) is 11.3 Å². The molecule has 0 unspecified atom stereocenters. The molecule has 18 heavy (non-hydrogen) atoms. The number of rotatable bonds is 3. The summed E-state index contributed by atoms with van der Waals surface area (Å²) in [4.78, 5) is 4.49. The first-order chi connectivity index (χ1) is 8.58. The third-order valence-electron chi connectivity index (χ3n) is 2.77. The number of methoxy groups -OCH3 is 1. The van der Waals surface area contributed by atoms with Gasteiger partial charge in [0, 0.05) is 25.2 Å². The average Bonchev–Trinajstić information content (AvgIpc) is 2.35. The Kier molecular flexibility index (Phi) is 3.95. The number of benzene rings is 1. The number of hydrogen-bond donors (Lipinski definition) is 1. The molecule has 0 amide bonds. The van der Waals surface area contributed by atoms with Crippen molar-refractivity contribution in [2.45, 2.75) is 13.5 Å². The van der Waals surface area contributed by atoms with E-state index in [0.717, 1.165) is 22.3 Å². The number of aromatic nitrogens is 1. The van der Waals surface area contributed by atoms with Gasteiger partial charge in [-0.25, -0.2) is 4.98 Å². The minimum absolute atomic E-state index is 0.437. The van der Waals surface area contributed by atoms with Crippen molar-refractivity contribution >= 4 is 39.8 Å². The molecule has 1 heterocycles. The molecule has 96 valence electrons. The van der Waals surface area contributed by atoms with Gasteiger partial charge in [0.25, 0.3) is 0 Å². The second kappa shape index (κ2) is 5.31. The van der Waals surface area contributed by atoms with E-state index in [1.165, 1.54) is 0 Å². The zero-order chi connectivity index (χ0) is 13.3. The average molecular weight is 285 g/mol. The molecule has 5 heteroatoms. The van der Waals surface area contributed by atoms with Crippen LogP contribution < -0.4 is 5.32 Å². The Morgan fingerprint density at radius 1 is 1.33 bits per heavy atom. The topological polar surface area (TPSA) is 34.1 Å². The molecule has 1 N–H and O–H groups in total. The minimum Gasteiger partial charge on any atom is -0.387 e. The second-order valence-electron chi connectivity index (χ2n) is 4.06. The highest BCUT2D eigenvalue weighted by atomic mass is 35.5. The van der Waals surface area contributed by atoms with Crippen LogP contribution in [0.4, 0.5) is 5.69 Å². The van der Waals surface area contributed by atoms with Gasteiger partial charge in [-0.15, -0.1) is 0 Å². The van der Waals surface area contributed by atoms with Crippen LogP contribution in [0.3, 0.4) is 0 Å². The second-order valence-corrected chi connectivity index (χ2v) is 4.84. The van der Waals surface area contributed by atoms with E-state index in [1.807, 2.05) is 26.1 Å². The van der Waals surface area contributed by atoms with Crippen LogP contribution in [0, 0.1) is 6.92 Å². The number of anilines is 1. The summed E-state index contributed by atoms with van der Waals surface area (Å²) < 4.78 is 5.10. The molecule has 0 bridgehead atoms. The number of pyridine rings is 1. The van der Waals surface area contributed by atoms with Crippen molar-refractivity contribution in [2.75, 3.05) is 19.5 Å². The van der Waals surface area contributed by atoms with E-state index in [-0.39, 0.29) is 0 Å². The van der Waals surface area contributed by atoms with Crippen molar-refractivity contribution in [1.82, 2.24) is 4.98 Å². The molecule has 3 nitrogen and oxygen atoms in total. The van der Waals surface area contributed by atoms with E-state index in [4.69, 9.17) is 27.9 Å². The quantitative estimate of drug-likeness (QED) is 0.924. The van der Waals surface area contributed by atoms with Crippen LogP contribution in [0.5, 0.6) is 0 Å². The predicted molar refractivity (Wildman–Crippen MR) is 76.8 cm³/mol. The Morgan fingerprint density at radius 2 is 2.06 bits per heavy atom. The molecule has 0 spiro atoms. The van der Waals surface area contributed by atoms with E-state index < -0.39 is 0 Å². The highest BCUT2D eigenvalue weighted by Crippen LogP contribution is 2.36. The molecular formula is C13H14Cl2N2O. The summed E-state index contributed by atoms with van der Waals surface area (Å²) in [6.45, 7) is 2.36. The Balaban J connectivity index is 2.82. The molecule has 0 aliphatic rings. The number of nitrogens with one attached hydrogen (secondary N) is 1. The first-order valence-electron chi connectivity index (χ1n) is 5.53. The van der Waals surface area contributed by atoms with Crippen LogP contribution in [-0.4, -0.2) is 19.1 Å². The smallest absolute Gasteiger partial charge is 0.0928 e. The number of nitrogens with zero attached hydrogens (tertiary/aromatic N) is 1. The van der Waals surface area contributed by atoms with Gasteiger partial charge in [-0.2, -0.15) is 0 Å². The normalized spacial score (nSPS) is 10.9. The maximum Gasteiger partial charge on any atom is 0.0928 e. The molecular weight excluding hydrogens is 271 g/mol. The summed E-state index contributed by atoms with van der Waals surface area (Å²) in [6.07, 6.45) is 0. The predicted octanol–water partition coefficient (Wildman–Crippen LogP) is 4.04. The summed E-state index contributed by atoms with van der Waals surface area (Å²) in [5.74, 6) is 0. The number of aryl methyl sites for hydroxylation is 1. The van der Waals surface area contributed by atoms with Gasteiger partial charge in [0.05, 0.1) is 27.9 Å². The number of ether oxygens (including phenoxy) is 1. The Bertz CT molecular complexity index is 599. The fourth-order valence-corrected chi connectivity index (χ4v) is 2.48. The van der Waals surface area contributed by atoms with E-state index >= 15 is 0 Å². The van der Waals surface area contributed by atoms with Gasteiger partial charge in [-0.3, -0.25) is 0 Å². The fraction of sp³-hybridized carbons (Fsp3) is 0.308. The van der Waals surface area contributed by atoms with Crippen molar-refractivity contribution in [3.63, 3.8) is 0 Å². The summed E-state index contributed by atoms with van der Waals surface area (Å²) >= 11 is 12.6. The molecule has 2 rings (SSSR count). The molecule has 0 aliphatic carbocycles. The lowest BCUT2D eigenvalue weighted by atomic mass is 10.1. The molecule has 0 saturated carbocycles. The van der Waals surface area contributed by atoms with Crippen molar-refractivity contribution in [1.29, 1.82) is 0 Å². The molecule has 0 atom stereocenters. The largest absolute Gasteiger partial charge is 0.387 e. The molecule has 0 saturated heterocycles. The van der Waals surface area contributed by atoms with Crippen LogP contribution in [-0.2, 0) is 11.3 Å². The van der Waals surface area contributed by atoms with E-state index in [0.29, 0.717) is 22.2 Å². The summed E-state index contributed by atoms with van der Waals surface area (Å²) in [5.41, 5.74) is 3.36. The van der Waals surface area contributed by atoms with Crippen LogP contribution in [0.2, 0.25) is 10.0 Å². The molecule has 0 radical (unpaired) electrons. The summed E-state index contributed by atoms with van der Waals surface area (Å²) in [5, 5.41) is 5.25. The first-order valence-corrected chi connectivity index (χ1v) is 6.29. The third-order valence-corrected chi connectivity index (χ3v) is 3.54. The number of fused-ring (bicyclic) bond motifs is 1. The van der Waals surface area contributed by atoms with Crippen molar-refractivity contribution in [2.24, 2.45) is 0 Å². The van der Waals surface area contributed by atoms with Gasteiger partial charge in [-0.05, 0) is 24.6 Å². The molecule has 1 aromatic heterocycles. The highest BCUT2D eigenvalue weighted by molar-refractivity contribution is 6.41. The SMILES string of the molecule is CNc1cc(COC)nc2c(Cl)cc(C)c(Cl)c12. The van der Waals surface area contributed by atoms with Gasteiger partial charge in [0.1, 0.15) is 0 Å². The van der Waals surface area contributed by atoms with E-state index in [9.17, 15) is 0 Å². The van der Waals surface area contributed by atoms with Crippen molar-refractivity contribution in [3.8, 4) is 0 Å². The maximum atomic E-state index is 6.34. The minimum atomic E-state index is 0.437.